The van der Waals surface area contributed by atoms with Gasteiger partial charge in [-0.05, 0) is 31.4 Å². The number of nitrogens with zero attached hydrogens (tertiary/aromatic N) is 3. The van der Waals surface area contributed by atoms with Crippen molar-refractivity contribution in [2.45, 2.75) is 30.6 Å². The summed E-state index contributed by atoms with van der Waals surface area (Å²) in [5, 5.41) is 11.5. The highest BCUT2D eigenvalue weighted by molar-refractivity contribution is 7.99. The number of carbonyl (C=O) groups excluding carboxylic acids is 1. The molecule has 1 aliphatic carbocycles. The van der Waals surface area contributed by atoms with Crippen LogP contribution in [-0.2, 0) is 23.8 Å². The number of carbonyl (C=O) groups is 1. The molecule has 3 rings (SSSR count). The van der Waals surface area contributed by atoms with Crippen molar-refractivity contribution in [3.63, 3.8) is 0 Å². The second-order valence-corrected chi connectivity index (χ2v) is 6.57. The minimum atomic E-state index is -4.54. The molecule has 134 valence electrons. The summed E-state index contributed by atoms with van der Waals surface area (Å²) < 4.78 is 39.6. The molecular formula is C17H13F3N4OS. The lowest BCUT2D eigenvalue weighted by Crippen LogP contribution is -2.17. The molecule has 0 aliphatic heterocycles. The van der Waals surface area contributed by atoms with E-state index in [2.05, 4.69) is 15.3 Å². The lowest BCUT2D eigenvalue weighted by molar-refractivity contribution is -0.142. The molecule has 5 nitrogen and oxygen atoms in total. The molecule has 0 spiro atoms. The Kier molecular flexibility index (Phi) is 5.13. The molecule has 0 bridgehead atoms. The smallest absolute Gasteiger partial charge is 0.324 e. The van der Waals surface area contributed by atoms with Crippen molar-refractivity contribution < 1.29 is 18.0 Å². The first-order valence-corrected chi connectivity index (χ1v) is 8.76. The standard InChI is InChI=1S/C17H13F3N4OS/c18-17(19,20)15-11-5-3-7-13(11)23-16(24-15)26-9-14(25)22-12-6-2-1-4-10(12)8-21/h1-2,4,6H,3,5,7,9H2,(H,22,25). The van der Waals surface area contributed by atoms with E-state index in [1.165, 1.54) is 0 Å². The van der Waals surface area contributed by atoms with Crippen LogP contribution in [-0.4, -0.2) is 21.6 Å². The second-order valence-electron chi connectivity index (χ2n) is 5.63. The Morgan fingerprint density at radius 1 is 1.27 bits per heavy atom. The Hall–Kier alpha value is -2.60. The summed E-state index contributed by atoms with van der Waals surface area (Å²) >= 11 is 0.840. The van der Waals surface area contributed by atoms with Gasteiger partial charge in [-0.15, -0.1) is 0 Å². The molecule has 1 aromatic heterocycles. The number of nitriles is 1. The Balaban J connectivity index is 1.72. The Morgan fingerprint density at radius 2 is 2.04 bits per heavy atom. The van der Waals surface area contributed by atoms with E-state index in [4.69, 9.17) is 5.26 Å². The van der Waals surface area contributed by atoms with E-state index < -0.39 is 17.8 Å². The van der Waals surface area contributed by atoms with Crippen molar-refractivity contribution in [2.24, 2.45) is 0 Å². The summed E-state index contributed by atoms with van der Waals surface area (Å²) in [6.45, 7) is 0. The van der Waals surface area contributed by atoms with Crippen LogP contribution in [0.25, 0.3) is 0 Å². The molecule has 0 saturated heterocycles. The molecule has 0 unspecified atom stereocenters. The van der Waals surface area contributed by atoms with E-state index in [1.807, 2.05) is 6.07 Å². The molecule has 0 atom stereocenters. The van der Waals surface area contributed by atoms with Crippen LogP contribution in [0, 0.1) is 11.3 Å². The number of benzene rings is 1. The molecule has 1 heterocycles. The predicted octanol–water partition coefficient (Wildman–Crippen LogP) is 3.59. The zero-order valence-electron chi connectivity index (χ0n) is 13.4. The number of amides is 1. The maximum Gasteiger partial charge on any atom is 0.433 e. The average molecular weight is 378 g/mol. The molecule has 1 N–H and O–H groups in total. The van der Waals surface area contributed by atoms with E-state index >= 15 is 0 Å². The van der Waals surface area contributed by atoms with Gasteiger partial charge in [-0.2, -0.15) is 18.4 Å². The number of hydrogen-bond donors (Lipinski definition) is 1. The van der Waals surface area contributed by atoms with Gasteiger partial charge in [0.25, 0.3) is 0 Å². The maximum atomic E-state index is 13.2. The molecule has 1 aromatic carbocycles. The van der Waals surface area contributed by atoms with Crippen LogP contribution in [0.2, 0.25) is 0 Å². The number of anilines is 1. The summed E-state index contributed by atoms with van der Waals surface area (Å²) in [6, 6.07) is 8.43. The number of fused-ring (bicyclic) bond motifs is 1. The van der Waals surface area contributed by atoms with Gasteiger partial charge in [0.05, 0.1) is 17.0 Å². The quantitative estimate of drug-likeness (QED) is 0.650. The Bertz CT molecular complexity index is 893. The van der Waals surface area contributed by atoms with Crippen molar-refractivity contribution in [3.05, 3.63) is 46.8 Å². The first kappa shape index (κ1) is 18.2. The topological polar surface area (TPSA) is 78.7 Å². The first-order chi connectivity index (χ1) is 12.4. The van der Waals surface area contributed by atoms with Crippen molar-refractivity contribution in [3.8, 4) is 6.07 Å². The third kappa shape index (κ3) is 3.96. The summed E-state index contributed by atoms with van der Waals surface area (Å²) in [5.74, 6) is -0.606. The molecule has 0 saturated carbocycles. The van der Waals surface area contributed by atoms with Crippen molar-refractivity contribution in [2.75, 3.05) is 11.1 Å². The molecular weight excluding hydrogens is 365 g/mol. The molecule has 0 radical (unpaired) electrons. The molecule has 26 heavy (non-hydrogen) atoms. The van der Waals surface area contributed by atoms with Crippen LogP contribution in [0.1, 0.15) is 28.9 Å². The average Bonchev–Trinajstić information content (AvgIpc) is 3.07. The van der Waals surface area contributed by atoms with Crippen LogP contribution in [0.15, 0.2) is 29.4 Å². The number of rotatable bonds is 4. The zero-order chi connectivity index (χ0) is 18.7. The van der Waals surface area contributed by atoms with Gasteiger partial charge in [0, 0.05) is 11.3 Å². The van der Waals surface area contributed by atoms with E-state index in [9.17, 15) is 18.0 Å². The largest absolute Gasteiger partial charge is 0.433 e. The fourth-order valence-corrected chi connectivity index (χ4v) is 3.38. The molecule has 1 aliphatic rings. The summed E-state index contributed by atoms with van der Waals surface area (Å²) in [6.07, 6.45) is -3.12. The summed E-state index contributed by atoms with van der Waals surface area (Å²) in [7, 11) is 0. The van der Waals surface area contributed by atoms with Crippen LogP contribution >= 0.6 is 11.8 Å². The highest BCUT2D eigenvalue weighted by Crippen LogP contribution is 2.36. The Labute approximate surface area is 151 Å². The van der Waals surface area contributed by atoms with Gasteiger partial charge in [0.2, 0.25) is 5.91 Å². The SMILES string of the molecule is N#Cc1ccccc1NC(=O)CSc1nc2c(c(C(F)(F)F)n1)CCC2. The van der Waals surface area contributed by atoms with Gasteiger partial charge >= 0.3 is 6.18 Å². The fraction of sp³-hybridized carbons (Fsp3) is 0.294. The maximum absolute atomic E-state index is 13.2. The highest BCUT2D eigenvalue weighted by atomic mass is 32.2. The highest BCUT2D eigenvalue weighted by Gasteiger charge is 2.38. The van der Waals surface area contributed by atoms with Crippen LogP contribution in [0.5, 0.6) is 0 Å². The molecule has 9 heteroatoms. The van der Waals surface area contributed by atoms with E-state index in [0.717, 1.165) is 11.8 Å². The van der Waals surface area contributed by atoms with E-state index in [-0.39, 0.29) is 16.5 Å². The van der Waals surface area contributed by atoms with Gasteiger partial charge in [-0.25, -0.2) is 9.97 Å². The summed E-state index contributed by atoms with van der Waals surface area (Å²) in [4.78, 5) is 19.8. The number of aryl methyl sites for hydroxylation is 1. The number of thioether (sulfide) groups is 1. The van der Waals surface area contributed by atoms with Gasteiger partial charge < -0.3 is 5.32 Å². The number of nitrogens with one attached hydrogen (secondary N) is 1. The normalized spacial score (nSPS) is 13.2. The van der Waals surface area contributed by atoms with Crippen LogP contribution in [0.3, 0.4) is 0 Å². The van der Waals surface area contributed by atoms with E-state index in [1.54, 1.807) is 24.3 Å². The third-order valence-corrected chi connectivity index (χ3v) is 4.68. The molecule has 1 amide bonds. The third-order valence-electron chi connectivity index (χ3n) is 3.84. The van der Waals surface area contributed by atoms with E-state index in [0.29, 0.717) is 36.2 Å². The van der Waals surface area contributed by atoms with Crippen molar-refractivity contribution in [1.82, 2.24) is 9.97 Å². The number of alkyl halides is 3. The summed E-state index contributed by atoms with van der Waals surface area (Å²) in [5.41, 5.74) is 0.322. The number of halogens is 3. The zero-order valence-corrected chi connectivity index (χ0v) is 14.2. The van der Waals surface area contributed by atoms with Gasteiger partial charge in [0.15, 0.2) is 10.9 Å². The van der Waals surface area contributed by atoms with Crippen LogP contribution < -0.4 is 5.32 Å². The fourth-order valence-electron chi connectivity index (χ4n) is 2.71. The molecule has 2 aromatic rings. The van der Waals surface area contributed by atoms with Gasteiger partial charge in [-0.1, -0.05) is 23.9 Å². The molecule has 0 fully saturated rings. The van der Waals surface area contributed by atoms with Crippen molar-refractivity contribution in [1.29, 1.82) is 5.26 Å². The van der Waals surface area contributed by atoms with Gasteiger partial charge in [0.1, 0.15) is 6.07 Å². The number of aromatic nitrogens is 2. The van der Waals surface area contributed by atoms with Crippen molar-refractivity contribution >= 4 is 23.4 Å². The van der Waals surface area contributed by atoms with Gasteiger partial charge in [-0.3, -0.25) is 4.79 Å². The lowest BCUT2D eigenvalue weighted by Gasteiger charge is -2.12. The number of hydrogen-bond acceptors (Lipinski definition) is 5. The predicted molar refractivity (Wildman–Crippen MR) is 89.6 cm³/mol. The second kappa shape index (κ2) is 7.33. The van der Waals surface area contributed by atoms with Crippen LogP contribution in [0.4, 0.5) is 18.9 Å². The number of para-hydroxylation sites is 1. The lowest BCUT2D eigenvalue weighted by atomic mass is 10.2. The minimum absolute atomic E-state index is 0.0679. The Morgan fingerprint density at radius 3 is 2.77 bits per heavy atom. The monoisotopic (exact) mass is 378 g/mol. The minimum Gasteiger partial charge on any atom is -0.324 e. The first-order valence-electron chi connectivity index (χ1n) is 7.77.